The van der Waals surface area contributed by atoms with Gasteiger partial charge in [0.15, 0.2) is 0 Å². The van der Waals surface area contributed by atoms with Crippen LogP contribution < -0.4 is 0 Å². The third-order valence-corrected chi connectivity index (χ3v) is 4.91. The fraction of sp³-hybridized carbons (Fsp3) is 0.800. The van der Waals surface area contributed by atoms with Crippen molar-refractivity contribution in [2.24, 2.45) is 5.92 Å². The molecule has 1 aliphatic rings. The lowest BCUT2D eigenvalue weighted by molar-refractivity contribution is 0.0435. The van der Waals surface area contributed by atoms with Crippen LogP contribution in [-0.4, -0.2) is 15.7 Å². The largest absolute Gasteiger partial charge is 0.389 e. The Morgan fingerprint density at radius 1 is 1.50 bits per heavy atom. The highest BCUT2D eigenvalue weighted by Gasteiger charge is 2.37. The highest BCUT2D eigenvalue weighted by molar-refractivity contribution is 7.09. The second kappa shape index (κ2) is 4.93. The second-order valence-corrected chi connectivity index (χ2v) is 7.74. The van der Waals surface area contributed by atoms with Crippen molar-refractivity contribution in [2.75, 3.05) is 0 Å². The molecular formula is C15H25NOS. The van der Waals surface area contributed by atoms with Crippen molar-refractivity contribution in [3.63, 3.8) is 0 Å². The minimum atomic E-state index is -0.492. The summed E-state index contributed by atoms with van der Waals surface area (Å²) in [6, 6.07) is 0. The van der Waals surface area contributed by atoms with Gasteiger partial charge in [0.25, 0.3) is 0 Å². The van der Waals surface area contributed by atoms with Crippen LogP contribution in [0.1, 0.15) is 64.1 Å². The Morgan fingerprint density at radius 3 is 2.72 bits per heavy atom. The highest BCUT2D eigenvalue weighted by Crippen LogP contribution is 2.39. The number of thiazole rings is 1. The second-order valence-electron chi connectivity index (χ2n) is 6.79. The molecule has 2 unspecified atom stereocenters. The van der Waals surface area contributed by atoms with Gasteiger partial charge in [0.2, 0.25) is 0 Å². The number of aliphatic hydroxyl groups is 1. The predicted molar refractivity (Wildman–Crippen MR) is 77.1 cm³/mol. The maximum absolute atomic E-state index is 10.6. The zero-order valence-electron chi connectivity index (χ0n) is 12.0. The van der Waals surface area contributed by atoms with Crippen LogP contribution in [0.4, 0.5) is 0 Å². The molecule has 18 heavy (non-hydrogen) atoms. The van der Waals surface area contributed by atoms with E-state index in [1.165, 1.54) is 12.8 Å². The molecule has 0 aromatic carbocycles. The van der Waals surface area contributed by atoms with Gasteiger partial charge in [-0.15, -0.1) is 11.3 Å². The van der Waals surface area contributed by atoms with E-state index in [4.69, 9.17) is 4.98 Å². The van der Waals surface area contributed by atoms with Gasteiger partial charge in [0, 0.05) is 17.2 Å². The molecule has 0 bridgehead atoms. The molecule has 0 radical (unpaired) electrons. The molecule has 0 spiro atoms. The van der Waals surface area contributed by atoms with Crippen LogP contribution >= 0.6 is 11.3 Å². The molecule has 2 nitrogen and oxygen atoms in total. The minimum absolute atomic E-state index is 0.110. The molecular weight excluding hydrogens is 242 g/mol. The molecule has 1 heterocycles. The van der Waals surface area contributed by atoms with E-state index in [0.29, 0.717) is 5.92 Å². The first-order chi connectivity index (χ1) is 8.32. The van der Waals surface area contributed by atoms with Gasteiger partial charge in [-0.05, 0) is 25.2 Å². The SMILES string of the molecule is CCC1CCC(O)(Cc2nc(C(C)(C)C)cs2)C1. The third-order valence-electron chi connectivity index (χ3n) is 4.06. The Balaban J connectivity index is 2.04. The van der Waals surface area contributed by atoms with E-state index < -0.39 is 5.60 Å². The van der Waals surface area contributed by atoms with Gasteiger partial charge in [-0.3, -0.25) is 0 Å². The van der Waals surface area contributed by atoms with E-state index in [1.807, 2.05) is 0 Å². The summed E-state index contributed by atoms with van der Waals surface area (Å²) in [5, 5.41) is 13.9. The van der Waals surface area contributed by atoms with Crippen molar-refractivity contribution < 1.29 is 5.11 Å². The topological polar surface area (TPSA) is 33.1 Å². The van der Waals surface area contributed by atoms with E-state index in [0.717, 1.165) is 30.0 Å². The molecule has 1 aromatic heterocycles. The van der Waals surface area contributed by atoms with Crippen molar-refractivity contribution in [3.05, 3.63) is 16.1 Å². The van der Waals surface area contributed by atoms with E-state index in [2.05, 4.69) is 33.1 Å². The number of hydrogen-bond acceptors (Lipinski definition) is 3. The van der Waals surface area contributed by atoms with Crippen molar-refractivity contribution in [1.29, 1.82) is 0 Å². The third kappa shape index (κ3) is 3.12. The van der Waals surface area contributed by atoms with Gasteiger partial charge in [-0.2, -0.15) is 0 Å². The van der Waals surface area contributed by atoms with Gasteiger partial charge in [0.1, 0.15) is 0 Å². The van der Waals surface area contributed by atoms with Crippen LogP contribution in [0, 0.1) is 5.92 Å². The maximum Gasteiger partial charge on any atom is 0.0957 e. The standard InChI is InChI=1S/C15H25NOS/c1-5-11-6-7-15(17,8-11)9-13-16-12(10-18-13)14(2,3)4/h10-11,17H,5-9H2,1-4H3. The lowest BCUT2D eigenvalue weighted by Crippen LogP contribution is -2.28. The number of nitrogens with zero attached hydrogens (tertiary/aromatic N) is 1. The molecule has 1 saturated carbocycles. The Labute approximate surface area is 114 Å². The van der Waals surface area contributed by atoms with Gasteiger partial charge in [-0.25, -0.2) is 4.98 Å². The summed E-state index contributed by atoms with van der Waals surface area (Å²) in [4.78, 5) is 4.70. The average Bonchev–Trinajstić information content (AvgIpc) is 2.85. The van der Waals surface area contributed by atoms with Crippen LogP contribution in [0.3, 0.4) is 0 Å². The Hall–Kier alpha value is -0.410. The van der Waals surface area contributed by atoms with Crippen molar-refractivity contribution in [2.45, 2.75) is 70.8 Å². The fourth-order valence-corrected chi connectivity index (χ4v) is 3.90. The Kier molecular flexibility index (Phi) is 3.84. The summed E-state index contributed by atoms with van der Waals surface area (Å²) in [5.41, 5.74) is 0.767. The summed E-state index contributed by atoms with van der Waals surface area (Å²) < 4.78 is 0. The normalized spacial score (nSPS) is 28.8. The Bertz CT molecular complexity index is 407. The summed E-state index contributed by atoms with van der Waals surface area (Å²) in [6.07, 6.45) is 4.99. The van der Waals surface area contributed by atoms with Crippen LogP contribution in [-0.2, 0) is 11.8 Å². The van der Waals surface area contributed by atoms with Crippen molar-refractivity contribution >= 4 is 11.3 Å². The van der Waals surface area contributed by atoms with E-state index in [9.17, 15) is 5.11 Å². The van der Waals surface area contributed by atoms with E-state index >= 15 is 0 Å². The first kappa shape index (κ1) is 14.0. The van der Waals surface area contributed by atoms with Crippen molar-refractivity contribution in [3.8, 4) is 0 Å². The molecule has 0 aliphatic heterocycles. The molecule has 1 aromatic rings. The lowest BCUT2D eigenvalue weighted by Gasteiger charge is -2.21. The van der Waals surface area contributed by atoms with Gasteiger partial charge in [-0.1, -0.05) is 34.1 Å². The molecule has 2 atom stereocenters. The smallest absolute Gasteiger partial charge is 0.0957 e. The van der Waals surface area contributed by atoms with E-state index in [1.54, 1.807) is 11.3 Å². The van der Waals surface area contributed by atoms with Crippen LogP contribution in [0.2, 0.25) is 0 Å². The lowest BCUT2D eigenvalue weighted by atomic mass is 9.93. The number of rotatable bonds is 3. The molecule has 1 N–H and O–H groups in total. The zero-order chi connectivity index (χ0) is 13.4. The monoisotopic (exact) mass is 267 g/mol. The average molecular weight is 267 g/mol. The minimum Gasteiger partial charge on any atom is -0.389 e. The molecule has 0 saturated heterocycles. The van der Waals surface area contributed by atoms with Crippen LogP contribution in [0.15, 0.2) is 5.38 Å². The Morgan fingerprint density at radius 2 is 2.22 bits per heavy atom. The molecule has 1 fully saturated rings. The van der Waals surface area contributed by atoms with Gasteiger partial charge in [0.05, 0.1) is 16.3 Å². The maximum atomic E-state index is 10.6. The summed E-state index contributed by atoms with van der Waals surface area (Å²) in [7, 11) is 0. The van der Waals surface area contributed by atoms with Gasteiger partial charge >= 0.3 is 0 Å². The van der Waals surface area contributed by atoms with Crippen LogP contribution in [0.5, 0.6) is 0 Å². The molecule has 3 heteroatoms. The number of aromatic nitrogens is 1. The summed E-state index contributed by atoms with van der Waals surface area (Å²) in [6.45, 7) is 8.77. The molecule has 1 aliphatic carbocycles. The fourth-order valence-electron chi connectivity index (χ4n) is 2.74. The van der Waals surface area contributed by atoms with Crippen LogP contribution in [0.25, 0.3) is 0 Å². The summed E-state index contributed by atoms with van der Waals surface area (Å²) in [5.74, 6) is 0.706. The first-order valence-corrected chi connectivity index (χ1v) is 7.88. The summed E-state index contributed by atoms with van der Waals surface area (Å²) >= 11 is 1.70. The quantitative estimate of drug-likeness (QED) is 0.900. The number of hydrogen-bond donors (Lipinski definition) is 1. The highest BCUT2D eigenvalue weighted by atomic mass is 32.1. The molecule has 0 amide bonds. The predicted octanol–water partition coefficient (Wildman–Crippen LogP) is 3.92. The zero-order valence-corrected chi connectivity index (χ0v) is 12.8. The van der Waals surface area contributed by atoms with E-state index in [-0.39, 0.29) is 5.41 Å². The molecule has 2 rings (SSSR count). The van der Waals surface area contributed by atoms with Crippen molar-refractivity contribution in [1.82, 2.24) is 4.98 Å². The first-order valence-electron chi connectivity index (χ1n) is 7.00. The molecule has 102 valence electrons. The van der Waals surface area contributed by atoms with Gasteiger partial charge < -0.3 is 5.11 Å².